The van der Waals surface area contributed by atoms with E-state index in [4.69, 9.17) is 4.74 Å². The highest BCUT2D eigenvalue weighted by Crippen LogP contribution is 2.15. The fourth-order valence-corrected chi connectivity index (χ4v) is 2.37. The Kier molecular flexibility index (Phi) is 5.63. The zero-order valence-electron chi connectivity index (χ0n) is 13.7. The number of pyridine rings is 1. The zero-order chi connectivity index (χ0) is 17.3. The average molecular weight is 330 g/mol. The molecule has 0 radical (unpaired) electrons. The lowest BCUT2D eigenvalue weighted by Gasteiger charge is -2.05. The van der Waals surface area contributed by atoms with Gasteiger partial charge in [0, 0.05) is 24.5 Å². The number of rotatable bonds is 4. The summed E-state index contributed by atoms with van der Waals surface area (Å²) < 4.78 is 5.14. The Morgan fingerprint density at radius 1 is 1.04 bits per heavy atom. The van der Waals surface area contributed by atoms with Gasteiger partial charge in [-0.05, 0) is 22.9 Å². The highest BCUT2D eigenvalue weighted by molar-refractivity contribution is 5.86. The standard InChI is InChI=1S/C21H18N2O2/c24-21(25-16-17-8-2-1-3-9-17)23-14-7-6-12-20-19-11-5-4-10-18(19)13-15-22-20/h1-5,8-11,13,15H,7,14,16H2,(H,23,24). The van der Waals surface area contributed by atoms with Crippen LogP contribution in [-0.2, 0) is 11.3 Å². The Morgan fingerprint density at radius 2 is 1.84 bits per heavy atom. The van der Waals surface area contributed by atoms with Gasteiger partial charge in [0.25, 0.3) is 0 Å². The minimum absolute atomic E-state index is 0.262. The lowest BCUT2D eigenvalue weighted by atomic mass is 10.1. The molecule has 3 rings (SSSR count). The van der Waals surface area contributed by atoms with Crippen molar-refractivity contribution in [1.82, 2.24) is 10.3 Å². The summed E-state index contributed by atoms with van der Waals surface area (Å²) in [6, 6.07) is 19.5. The lowest BCUT2D eigenvalue weighted by molar-refractivity contribution is 0.140. The number of aromatic nitrogens is 1. The van der Waals surface area contributed by atoms with E-state index in [9.17, 15) is 4.79 Å². The first kappa shape index (κ1) is 16.5. The molecule has 0 spiro atoms. The summed E-state index contributed by atoms with van der Waals surface area (Å²) in [5.41, 5.74) is 1.71. The second-order valence-electron chi connectivity index (χ2n) is 5.42. The number of hydrogen-bond donors (Lipinski definition) is 1. The van der Waals surface area contributed by atoms with Crippen LogP contribution in [0.3, 0.4) is 0 Å². The van der Waals surface area contributed by atoms with E-state index in [1.54, 1.807) is 6.20 Å². The van der Waals surface area contributed by atoms with Crippen molar-refractivity contribution in [2.24, 2.45) is 0 Å². The smallest absolute Gasteiger partial charge is 0.407 e. The van der Waals surface area contributed by atoms with Gasteiger partial charge < -0.3 is 10.1 Å². The molecule has 0 aliphatic carbocycles. The molecule has 1 heterocycles. The van der Waals surface area contributed by atoms with Crippen LogP contribution >= 0.6 is 0 Å². The maximum absolute atomic E-state index is 11.6. The molecule has 1 aromatic heterocycles. The van der Waals surface area contributed by atoms with Crippen molar-refractivity contribution in [1.29, 1.82) is 0 Å². The molecule has 25 heavy (non-hydrogen) atoms. The van der Waals surface area contributed by atoms with E-state index in [2.05, 4.69) is 22.1 Å². The topological polar surface area (TPSA) is 51.2 Å². The molecule has 1 amide bonds. The number of amides is 1. The summed E-state index contributed by atoms with van der Waals surface area (Å²) in [5.74, 6) is 6.11. The van der Waals surface area contributed by atoms with Crippen LogP contribution in [0, 0.1) is 11.8 Å². The number of ether oxygens (including phenoxy) is 1. The van der Waals surface area contributed by atoms with Gasteiger partial charge in [-0.3, -0.25) is 0 Å². The van der Waals surface area contributed by atoms with Gasteiger partial charge in [-0.2, -0.15) is 0 Å². The van der Waals surface area contributed by atoms with Crippen LogP contribution in [0.5, 0.6) is 0 Å². The Bertz CT molecular complexity index is 906. The van der Waals surface area contributed by atoms with Crippen LogP contribution in [-0.4, -0.2) is 17.6 Å². The first-order valence-corrected chi connectivity index (χ1v) is 8.10. The summed E-state index contributed by atoms with van der Waals surface area (Å²) in [5, 5.41) is 4.84. The normalized spacial score (nSPS) is 9.92. The Hall–Kier alpha value is -3.32. The second-order valence-corrected chi connectivity index (χ2v) is 5.42. The van der Waals surface area contributed by atoms with E-state index in [1.165, 1.54) is 0 Å². The third-order valence-corrected chi connectivity index (χ3v) is 3.61. The number of nitrogens with one attached hydrogen (secondary N) is 1. The van der Waals surface area contributed by atoms with Gasteiger partial charge in [0.05, 0.1) is 0 Å². The molecule has 0 saturated heterocycles. The predicted octanol–water partition coefficient (Wildman–Crippen LogP) is 3.90. The number of fused-ring (bicyclic) bond motifs is 1. The van der Waals surface area contributed by atoms with Crippen LogP contribution in [0.25, 0.3) is 10.8 Å². The van der Waals surface area contributed by atoms with E-state index in [0.29, 0.717) is 13.0 Å². The third kappa shape index (κ3) is 4.82. The van der Waals surface area contributed by atoms with Crippen molar-refractivity contribution in [3.63, 3.8) is 0 Å². The number of benzene rings is 2. The molecule has 0 bridgehead atoms. The highest BCUT2D eigenvalue weighted by atomic mass is 16.5. The Morgan fingerprint density at radius 3 is 2.72 bits per heavy atom. The van der Waals surface area contributed by atoms with Gasteiger partial charge >= 0.3 is 6.09 Å². The van der Waals surface area contributed by atoms with Gasteiger partial charge in [-0.15, -0.1) is 0 Å². The first-order valence-electron chi connectivity index (χ1n) is 8.10. The molecule has 0 fully saturated rings. The molecule has 0 aliphatic heterocycles. The summed E-state index contributed by atoms with van der Waals surface area (Å²) in [7, 11) is 0. The SMILES string of the molecule is O=C(NCCC#Cc1nccc2ccccc12)OCc1ccccc1. The van der Waals surface area contributed by atoms with Gasteiger partial charge in [0.1, 0.15) is 12.3 Å². The number of hydrogen-bond acceptors (Lipinski definition) is 3. The first-order chi connectivity index (χ1) is 12.3. The van der Waals surface area contributed by atoms with Crippen molar-refractivity contribution in [2.75, 3.05) is 6.54 Å². The molecule has 0 atom stereocenters. The Labute approximate surface area is 146 Å². The van der Waals surface area contributed by atoms with Crippen LogP contribution in [0.1, 0.15) is 17.7 Å². The van der Waals surface area contributed by atoms with E-state index >= 15 is 0 Å². The highest BCUT2D eigenvalue weighted by Gasteiger charge is 2.01. The summed E-state index contributed by atoms with van der Waals surface area (Å²) in [4.78, 5) is 15.9. The molecule has 1 N–H and O–H groups in total. The minimum Gasteiger partial charge on any atom is -0.445 e. The van der Waals surface area contributed by atoms with E-state index in [-0.39, 0.29) is 6.61 Å². The lowest BCUT2D eigenvalue weighted by Crippen LogP contribution is -2.24. The van der Waals surface area contributed by atoms with Gasteiger partial charge in [-0.25, -0.2) is 9.78 Å². The number of carbonyl (C=O) groups is 1. The monoisotopic (exact) mass is 330 g/mol. The molecule has 3 aromatic rings. The quantitative estimate of drug-likeness (QED) is 0.583. The summed E-state index contributed by atoms with van der Waals surface area (Å²) in [6.45, 7) is 0.698. The van der Waals surface area contributed by atoms with Crippen molar-refractivity contribution in [2.45, 2.75) is 13.0 Å². The molecule has 124 valence electrons. The van der Waals surface area contributed by atoms with Crippen molar-refractivity contribution < 1.29 is 9.53 Å². The van der Waals surface area contributed by atoms with E-state index in [0.717, 1.165) is 22.0 Å². The maximum Gasteiger partial charge on any atom is 0.407 e. The Balaban J connectivity index is 1.45. The van der Waals surface area contributed by atoms with Crippen LogP contribution in [0.15, 0.2) is 66.9 Å². The van der Waals surface area contributed by atoms with Crippen molar-refractivity contribution in [3.05, 3.63) is 78.1 Å². The predicted molar refractivity (Wildman–Crippen MR) is 97.9 cm³/mol. The number of nitrogens with zero attached hydrogens (tertiary/aromatic N) is 1. The fourth-order valence-electron chi connectivity index (χ4n) is 2.37. The third-order valence-electron chi connectivity index (χ3n) is 3.61. The van der Waals surface area contributed by atoms with Gasteiger partial charge in [0.15, 0.2) is 0 Å². The van der Waals surface area contributed by atoms with Crippen molar-refractivity contribution in [3.8, 4) is 11.8 Å². The molecule has 0 aliphatic rings. The largest absolute Gasteiger partial charge is 0.445 e. The fraction of sp³-hybridized carbons (Fsp3) is 0.143. The average Bonchev–Trinajstić information content (AvgIpc) is 2.67. The molecule has 0 unspecified atom stereocenters. The molecule has 4 nitrogen and oxygen atoms in total. The number of alkyl carbamates (subject to hydrolysis) is 1. The number of carbonyl (C=O) groups excluding carboxylic acids is 1. The van der Waals surface area contributed by atoms with E-state index < -0.39 is 6.09 Å². The molecule has 0 saturated carbocycles. The van der Waals surface area contributed by atoms with Crippen molar-refractivity contribution >= 4 is 16.9 Å². The van der Waals surface area contributed by atoms with Crippen LogP contribution in [0.4, 0.5) is 4.79 Å². The maximum atomic E-state index is 11.6. The molecule has 4 heteroatoms. The summed E-state index contributed by atoms with van der Waals surface area (Å²) >= 11 is 0. The molecular formula is C21H18N2O2. The van der Waals surface area contributed by atoms with E-state index in [1.807, 2.05) is 60.7 Å². The van der Waals surface area contributed by atoms with Crippen LogP contribution in [0.2, 0.25) is 0 Å². The second kappa shape index (κ2) is 8.51. The van der Waals surface area contributed by atoms with Gasteiger partial charge in [-0.1, -0.05) is 60.5 Å². The van der Waals surface area contributed by atoms with Crippen LogP contribution < -0.4 is 5.32 Å². The molecular weight excluding hydrogens is 312 g/mol. The minimum atomic E-state index is -0.436. The van der Waals surface area contributed by atoms with Gasteiger partial charge in [0.2, 0.25) is 0 Å². The summed E-state index contributed by atoms with van der Waals surface area (Å²) in [6.07, 6.45) is 1.85. The molecule has 2 aromatic carbocycles. The zero-order valence-corrected chi connectivity index (χ0v) is 13.7.